The predicted octanol–water partition coefficient (Wildman–Crippen LogP) is 3.78. The monoisotopic (exact) mass is 245 g/mol. The third kappa shape index (κ3) is 1.59. The minimum atomic E-state index is 0.920. The summed E-state index contributed by atoms with van der Waals surface area (Å²) in [6.45, 7) is 0. The average Bonchev–Trinajstić information content (AvgIpc) is 2.95. The van der Waals surface area contributed by atoms with Gasteiger partial charge in [0, 0.05) is 35.6 Å². The van der Waals surface area contributed by atoms with Crippen LogP contribution in [0.4, 0.5) is 0 Å². The molecular formula is C16H11N3. The molecule has 90 valence electrons. The summed E-state index contributed by atoms with van der Waals surface area (Å²) in [5, 5.41) is 3.50. The van der Waals surface area contributed by atoms with Crippen LogP contribution in [0.2, 0.25) is 0 Å². The predicted molar refractivity (Wildman–Crippen MR) is 76.8 cm³/mol. The molecule has 0 aliphatic heterocycles. The number of benzene rings is 1. The van der Waals surface area contributed by atoms with Gasteiger partial charge in [-0.1, -0.05) is 12.1 Å². The number of fused-ring (bicyclic) bond motifs is 2. The van der Waals surface area contributed by atoms with Crippen molar-refractivity contribution in [3.63, 3.8) is 0 Å². The highest BCUT2D eigenvalue weighted by Crippen LogP contribution is 2.29. The summed E-state index contributed by atoms with van der Waals surface area (Å²) in [6.07, 6.45) is 7.47. The molecule has 1 aromatic carbocycles. The Balaban J connectivity index is 2.01. The van der Waals surface area contributed by atoms with Crippen LogP contribution in [-0.2, 0) is 0 Å². The Morgan fingerprint density at radius 1 is 0.895 bits per heavy atom. The van der Waals surface area contributed by atoms with E-state index in [0.717, 1.165) is 16.4 Å². The Hall–Kier alpha value is -2.68. The molecule has 0 fully saturated rings. The van der Waals surface area contributed by atoms with Crippen LogP contribution >= 0.6 is 0 Å². The number of aromatic amines is 1. The lowest BCUT2D eigenvalue weighted by molar-refractivity contribution is 1.33. The molecule has 0 aliphatic rings. The third-order valence-corrected chi connectivity index (χ3v) is 3.41. The van der Waals surface area contributed by atoms with E-state index in [1.54, 1.807) is 0 Å². The first-order valence-electron chi connectivity index (χ1n) is 6.18. The molecular weight excluding hydrogens is 234 g/mol. The molecule has 0 aliphatic carbocycles. The molecule has 3 nitrogen and oxygen atoms in total. The van der Waals surface area contributed by atoms with E-state index in [2.05, 4.69) is 39.2 Å². The fraction of sp³-hybridized carbons (Fsp3) is 0. The summed E-state index contributed by atoms with van der Waals surface area (Å²) < 4.78 is 0. The summed E-state index contributed by atoms with van der Waals surface area (Å²) in [5.74, 6) is 0. The smallest absolute Gasteiger partial charge is 0.137 e. The lowest BCUT2D eigenvalue weighted by Gasteiger charge is -2.05. The average molecular weight is 245 g/mol. The van der Waals surface area contributed by atoms with E-state index in [0.29, 0.717) is 0 Å². The number of rotatable bonds is 1. The highest BCUT2D eigenvalue weighted by atomic mass is 14.8. The van der Waals surface area contributed by atoms with Crippen LogP contribution in [0.5, 0.6) is 0 Å². The maximum Gasteiger partial charge on any atom is 0.137 e. The number of H-pyrrole nitrogens is 1. The number of nitrogens with zero attached hydrogens (tertiary/aromatic N) is 2. The summed E-state index contributed by atoms with van der Waals surface area (Å²) in [6, 6.07) is 12.6. The second-order valence-electron chi connectivity index (χ2n) is 4.54. The number of aromatic nitrogens is 3. The van der Waals surface area contributed by atoms with Gasteiger partial charge in [-0.25, -0.2) is 4.98 Å². The van der Waals surface area contributed by atoms with E-state index in [-0.39, 0.29) is 0 Å². The van der Waals surface area contributed by atoms with Crippen molar-refractivity contribution in [3.05, 3.63) is 61.2 Å². The molecule has 0 unspecified atom stereocenters. The maximum atomic E-state index is 4.32. The van der Waals surface area contributed by atoms with E-state index in [4.69, 9.17) is 0 Å². The van der Waals surface area contributed by atoms with Gasteiger partial charge in [-0.15, -0.1) is 0 Å². The van der Waals surface area contributed by atoms with E-state index in [1.165, 1.54) is 16.5 Å². The lowest BCUT2D eigenvalue weighted by atomic mass is 10.0. The molecule has 0 spiro atoms. The van der Waals surface area contributed by atoms with Crippen LogP contribution in [0.3, 0.4) is 0 Å². The quantitative estimate of drug-likeness (QED) is 0.554. The van der Waals surface area contributed by atoms with Crippen molar-refractivity contribution in [2.24, 2.45) is 0 Å². The highest BCUT2D eigenvalue weighted by molar-refractivity contribution is 5.96. The molecule has 0 amide bonds. The number of pyridine rings is 2. The molecule has 1 N–H and O–H groups in total. The molecule has 4 aromatic rings. The zero-order valence-electron chi connectivity index (χ0n) is 10.2. The minimum Gasteiger partial charge on any atom is -0.346 e. The Labute approximate surface area is 110 Å². The van der Waals surface area contributed by atoms with Gasteiger partial charge in [0.25, 0.3) is 0 Å². The summed E-state index contributed by atoms with van der Waals surface area (Å²) in [7, 11) is 0. The Bertz CT molecular complexity index is 877. The Morgan fingerprint density at radius 2 is 1.89 bits per heavy atom. The van der Waals surface area contributed by atoms with E-state index < -0.39 is 0 Å². The van der Waals surface area contributed by atoms with Gasteiger partial charge >= 0.3 is 0 Å². The van der Waals surface area contributed by atoms with Gasteiger partial charge in [-0.2, -0.15) is 0 Å². The van der Waals surface area contributed by atoms with Gasteiger partial charge < -0.3 is 4.98 Å². The van der Waals surface area contributed by atoms with Crippen molar-refractivity contribution < 1.29 is 0 Å². The second kappa shape index (κ2) is 3.92. The fourth-order valence-electron chi connectivity index (χ4n) is 2.47. The fourth-order valence-corrected chi connectivity index (χ4v) is 2.47. The van der Waals surface area contributed by atoms with Gasteiger partial charge in [-0.05, 0) is 40.8 Å². The zero-order chi connectivity index (χ0) is 12.7. The van der Waals surface area contributed by atoms with Crippen LogP contribution < -0.4 is 0 Å². The molecule has 4 rings (SSSR count). The van der Waals surface area contributed by atoms with Crippen molar-refractivity contribution >= 4 is 21.8 Å². The number of hydrogen-bond donors (Lipinski definition) is 1. The molecule has 3 heteroatoms. The molecule has 0 saturated heterocycles. The van der Waals surface area contributed by atoms with Crippen LogP contribution in [0.1, 0.15) is 0 Å². The zero-order valence-corrected chi connectivity index (χ0v) is 10.2. The topological polar surface area (TPSA) is 41.6 Å². The van der Waals surface area contributed by atoms with Crippen LogP contribution in [-0.4, -0.2) is 15.0 Å². The van der Waals surface area contributed by atoms with Crippen molar-refractivity contribution in [3.8, 4) is 11.1 Å². The summed E-state index contributed by atoms with van der Waals surface area (Å²) >= 11 is 0. The van der Waals surface area contributed by atoms with Crippen molar-refractivity contribution in [2.75, 3.05) is 0 Å². The number of hydrogen-bond acceptors (Lipinski definition) is 2. The first-order valence-corrected chi connectivity index (χ1v) is 6.18. The summed E-state index contributed by atoms with van der Waals surface area (Å²) in [5.41, 5.74) is 3.30. The van der Waals surface area contributed by atoms with Crippen LogP contribution in [0, 0.1) is 0 Å². The van der Waals surface area contributed by atoms with Gasteiger partial charge in [0.2, 0.25) is 0 Å². The minimum absolute atomic E-state index is 0.920. The van der Waals surface area contributed by atoms with Gasteiger partial charge in [0.1, 0.15) is 5.65 Å². The summed E-state index contributed by atoms with van der Waals surface area (Å²) in [4.78, 5) is 11.6. The SMILES string of the molecule is c1cc2ccc(-c3ccnc4[nH]ccc34)cc2cn1. The van der Waals surface area contributed by atoms with Crippen molar-refractivity contribution in [1.82, 2.24) is 15.0 Å². The molecule has 3 heterocycles. The highest BCUT2D eigenvalue weighted by Gasteiger charge is 2.05. The second-order valence-corrected chi connectivity index (χ2v) is 4.54. The molecule has 3 aromatic heterocycles. The first-order chi connectivity index (χ1) is 9.42. The normalized spacial score (nSPS) is 11.2. The van der Waals surface area contributed by atoms with E-state index in [1.807, 2.05) is 36.9 Å². The Kier molecular flexibility index (Phi) is 2.12. The van der Waals surface area contributed by atoms with Crippen molar-refractivity contribution in [2.45, 2.75) is 0 Å². The first kappa shape index (κ1) is 10.3. The van der Waals surface area contributed by atoms with Crippen LogP contribution in [0.25, 0.3) is 32.9 Å². The van der Waals surface area contributed by atoms with Gasteiger partial charge in [-0.3, -0.25) is 4.98 Å². The molecule has 0 bridgehead atoms. The van der Waals surface area contributed by atoms with Gasteiger partial charge in [0.05, 0.1) is 0 Å². The largest absolute Gasteiger partial charge is 0.346 e. The molecule has 0 saturated carbocycles. The molecule has 0 atom stereocenters. The maximum absolute atomic E-state index is 4.32. The van der Waals surface area contributed by atoms with E-state index >= 15 is 0 Å². The van der Waals surface area contributed by atoms with E-state index in [9.17, 15) is 0 Å². The number of nitrogens with one attached hydrogen (secondary N) is 1. The molecule has 19 heavy (non-hydrogen) atoms. The Morgan fingerprint density at radius 3 is 2.89 bits per heavy atom. The van der Waals surface area contributed by atoms with Crippen molar-refractivity contribution in [1.29, 1.82) is 0 Å². The molecule has 0 radical (unpaired) electrons. The standard InChI is InChI=1S/C16H11N3/c1-2-12(9-13-10-17-6-3-11(1)13)14-4-7-18-16-15(14)5-8-19-16/h1-10H,(H,18,19). The lowest BCUT2D eigenvalue weighted by Crippen LogP contribution is -1.83. The third-order valence-electron chi connectivity index (χ3n) is 3.41. The van der Waals surface area contributed by atoms with Crippen LogP contribution in [0.15, 0.2) is 61.2 Å². The van der Waals surface area contributed by atoms with Gasteiger partial charge in [0.15, 0.2) is 0 Å².